The molecule has 0 aromatic heterocycles. The van der Waals surface area contributed by atoms with E-state index in [2.05, 4.69) is 5.32 Å². The lowest BCUT2D eigenvalue weighted by Crippen LogP contribution is -2.29. The number of aryl methyl sites for hydroxylation is 1. The molecule has 0 bridgehead atoms. The maximum absolute atomic E-state index is 12.7. The highest BCUT2D eigenvalue weighted by Crippen LogP contribution is 2.33. The molecule has 9 heteroatoms. The van der Waals surface area contributed by atoms with Crippen LogP contribution in [0.4, 0.5) is 11.4 Å². The maximum atomic E-state index is 12.7. The van der Waals surface area contributed by atoms with E-state index in [1.54, 1.807) is 23.1 Å². The van der Waals surface area contributed by atoms with Crippen molar-refractivity contribution in [3.63, 3.8) is 0 Å². The number of benzene rings is 2. The zero-order valence-electron chi connectivity index (χ0n) is 17.6. The standard InChI is InChI=1S/C23H23N3O4S2/c1-16-6-5-7-18(14-16)24-21(27)8-3-2-4-13-25-22(28)20(32-23(25)31)15-17-9-11-19(12-10-17)26(29)30/h5-7,9-12,14-15H,2-4,8,13H2,1H3,(H,24,27)/b20-15-. The number of carbonyl (C=O) groups excluding carboxylic acids is 2. The van der Waals surface area contributed by atoms with E-state index in [-0.39, 0.29) is 17.5 Å². The van der Waals surface area contributed by atoms with Crippen LogP contribution in [-0.4, -0.2) is 32.5 Å². The van der Waals surface area contributed by atoms with Crippen LogP contribution in [0.25, 0.3) is 6.08 Å². The van der Waals surface area contributed by atoms with Gasteiger partial charge in [-0.1, -0.05) is 42.5 Å². The summed E-state index contributed by atoms with van der Waals surface area (Å²) in [4.78, 5) is 37.1. The van der Waals surface area contributed by atoms with E-state index in [1.807, 2.05) is 31.2 Å². The molecular weight excluding hydrogens is 446 g/mol. The van der Waals surface area contributed by atoms with Gasteiger partial charge in [0.15, 0.2) is 0 Å². The van der Waals surface area contributed by atoms with Gasteiger partial charge in [0.1, 0.15) is 4.32 Å². The van der Waals surface area contributed by atoms with E-state index >= 15 is 0 Å². The van der Waals surface area contributed by atoms with Crippen LogP contribution in [0.15, 0.2) is 53.4 Å². The predicted octanol–water partition coefficient (Wildman–Crippen LogP) is 5.30. The maximum Gasteiger partial charge on any atom is 0.269 e. The average molecular weight is 470 g/mol. The summed E-state index contributed by atoms with van der Waals surface area (Å²) in [5, 5.41) is 13.7. The molecule has 0 saturated carbocycles. The van der Waals surface area contributed by atoms with Gasteiger partial charge in [-0.25, -0.2) is 0 Å². The molecule has 0 radical (unpaired) electrons. The van der Waals surface area contributed by atoms with Crippen LogP contribution in [0.3, 0.4) is 0 Å². The number of unbranched alkanes of at least 4 members (excludes halogenated alkanes) is 2. The second-order valence-electron chi connectivity index (χ2n) is 7.41. The van der Waals surface area contributed by atoms with Crippen LogP contribution in [-0.2, 0) is 9.59 Å². The van der Waals surface area contributed by atoms with Gasteiger partial charge >= 0.3 is 0 Å². The Labute approximate surface area is 196 Å². The number of nitrogens with one attached hydrogen (secondary N) is 1. The largest absolute Gasteiger partial charge is 0.326 e. The summed E-state index contributed by atoms with van der Waals surface area (Å²) in [6.45, 7) is 2.48. The van der Waals surface area contributed by atoms with Gasteiger partial charge in [0.05, 0.1) is 9.83 Å². The lowest BCUT2D eigenvalue weighted by atomic mass is 10.1. The Hall–Kier alpha value is -3.04. The number of rotatable bonds is 9. The molecule has 1 heterocycles. The van der Waals surface area contributed by atoms with Crippen molar-refractivity contribution in [3.8, 4) is 0 Å². The van der Waals surface area contributed by atoms with Gasteiger partial charge in [-0.3, -0.25) is 24.6 Å². The average Bonchev–Trinajstić information content (AvgIpc) is 3.01. The topological polar surface area (TPSA) is 92.6 Å². The number of hydrogen-bond donors (Lipinski definition) is 1. The summed E-state index contributed by atoms with van der Waals surface area (Å²) < 4.78 is 0.500. The first-order valence-electron chi connectivity index (χ1n) is 10.2. The smallest absolute Gasteiger partial charge is 0.269 e. The molecule has 2 aromatic rings. The van der Waals surface area contributed by atoms with Crippen LogP contribution in [0.2, 0.25) is 0 Å². The van der Waals surface area contributed by atoms with E-state index in [4.69, 9.17) is 12.2 Å². The zero-order chi connectivity index (χ0) is 23.1. The lowest BCUT2D eigenvalue weighted by Gasteiger charge is -2.14. The minimum absolute atomic E-state index is 0.00210. The summed E-state index contributed by atoms with van der Waals surface area (Å²) in [7, 11) is 0. The Bertz CT molecular complexity index is 1070. The molecule has 0 atom stereocenters. The minimum atomic E-state index is -0.463. The number of thiocarbonyl (C=S) groups is 1. The molecule has 166 valence electrons. The van der Waals surface area contributed by atoms with Gasteiger partial charge in [0.2, 0.25) is 5.91 Å². The zero-order valence-corrected chi connectivity index (χ0v) is 19.2. The van der Waals surface area contributed by atoms with Crippen molar-refractivity contribution in [3.05, 3.63) is 74.7 Å². The number of hydrogen-bond acceptors (Lipinski definition) is 6. The Balaban J connectivity index is 1.43. The van der Waals surface area contributed by atoms with Gasteiger partial charge in [-0.15, -0.1) is 0 Å². The normalized spacial score (nSPS) is 14.8. The predicted molar refractivity (Wildman–Crippen MR) is 131 cm³/mol. The van der Waals surface area contributed by atoms with Crippen LogP contribution in [0.5, 0.6) is 0 Å². The molecule has 3 rings (SSSR count). The van der Waals surface area contributed by atoms with E-state index < -0.39 is 4.92 Å². The van der Waals surface area contributed by atoms with Gasteiger partial charge < -0.3 is 5.32 Å². The molecule has 1 N–H and O–H groups in total. The van der Waals surface area contributed by atoms with E-state index in [9.17, 15) is 19.7 Å². The molecule has 2 aromatic carbocycles. The lowest BCUT2D eigenvalue weighted by molar-refractivity contribution is -0.384. The molecular formula is C23H23N3O4S2. The van der Waals surface area contributed by atoms with Crippen molar-refractivity contribution in [2.24, 2.45) is 0 Å². The van der Waals surface area contributed by atoms with Crippen molar-refractivity contribution in [2.45, 2.75) is 32.6 Å². The minimum Gasteiger partial charge on any atom is -0.326 e. The first-order valence-corrected chi connectivity index (χ1v) is 11.4. The number of nitro groups is 1. The number of thioether (sulfide) groups is 1. The van der Waals surface area contributed by atoms with Crippen molar-refractivity contribution in [1.29, 1.82) is 0 Å². The van der Waals surface area contributed by atoms with E-state index in [0.29, 0.717) is 27.8 Å². The van der Waals surface area contributed by atoms with Crippen LogP contribution in [0, 0.1) is 17.0 Å². The Morgan fingerprint density at radius 1 is 1.19 bits per heavy atom. The van der Waals surface area contributed by atoms with Crippen molar-refractivity contribution < 1.29 is 14.5 Å². The SMILES string of the molecule is Cc1cccc(NC(=O)CCCCCN2C(=O)/C(=C/c3ccc([N+](=O)[O-])cc3)SC2=S)c1. The Morgan fingerprint density at radius 3 is 2.62 bits per heavy atom. The monoisotopic (exact) mass is 469 g/mol. The highest BCUT2D eigenvalue weighted by atomic mass is 32.2. The molecule has 0 spiro atoms. The highest BCUT2D eigenvalue weighted by molar-refractivity contribution is 8.26. The van der Waals surface area contributed by atoms with Crippen LogP contribution in [0.1, 0.15) is 36.8 Å². The molecule has 0 aliphatic carbocycles. The summed E-state index contributed by atoms with van der Waals surface area (Å²) in [5.41, 5.74) is 2.60. The fraction of sp³-hybridized carbons (Fsp3) is 0.261. The summed E-state index contributed by atoms with van der Waals surface area (Å²) in [5.74, 6) is -0.178. The Morgan fingerprint density at radius 2 is 1.94 bits per heavy atom. The number of amides is 2. The summed E-state index contributed by atoms with van der Waals surface area (Å²) in [6, 6.07) is 13.7. The highest BCUT2D eigenvalue weighted by Gasteiger charge is 2.31. The van der Waals surface area contributed by atoms with Gasteiger partial charge in [0.25, 0.3) is 11.6 Å². The van der Waals surface area contributed by atoms with Crippen molar-refractivity contribution >= 4 is 57.6 Å². The third-order valence-corrected chi connectivity index (χ3v) is 6.24. The number of carbonyl (C=O) groups is 2. The van der Waals surface area contributed by atoms with Gasteiger partial charge in [0, 0.05) is 30.8 Å². The quantitative estimate of drug-likeness (QED) is 0.176. The number of non-ortho nitro benzene ring substituents is 1. The molecule has 32 heavy (non-hydrogen) atoms. The molecule has 1 aliphatic rings. The molecule has 1 aliphatic heterocycles. The van der Waals surface area contributed by atoms with Crippen molar-refractivity contribution in [2.75, 3.05) is 11.9 Å². The fourth-order valence-electron chi connectivity index (χ4n) is 3.21. The van der Waals surface area contributed by atoms with E-state index in [1.165, 1.54) is 23.9 Å². The second-order valence-corrected chi connectivity index (χ2v) is 9.09. The first-order chi connectivity index (χ1) is 15.3. The molecule has 7 nitrogen and oxygen atoms in total. The number of anilines is 1. The first kappa shape index (κ1) is 23.6. The van der Waals surface area contributed by atoms with Gasteiger partial charge in [-0.05, 0) is 61.2 Å². The summed E-state index contributed by atoms with van der Waals surface area (Å²) >= 11 is 6.57. The van der Waals surface area contributed by atoms with E-state index in [0.717, 1.165) is 30.5 Å². The third kappa shape index (κ3) is 6.48. The Kier molecular flexibility index (Phi) is 8.13. The van der Waals surface area contributed by atoms with Crippen molar-refractivity contribution in [1.82, 2.24) is 4.90 Å². The fourth-order valence-corrected chi connectivity index (χ4v) is 4.52. The molecule has 2 amide bonds. The second kappa shape index (κ2) is 11.0. The van der Waals surface area contributed by atoms with Crippen LogP contribution < -0.4 is 5.32 Å². The number of nitrogens with zero attached hydrogens (tertiary/aromatic N) is 2. The molecule has 1 saturated heterocycles. The third-order valence-electron chi connectivity index (χ3n) is 4.86. The van der Waals surface area contributed by atoms with Gasteiger partial charge in [-0.2, -0.15) is 0 Å². The molecule has 1 fully saturated rings. The molecule has 0 unspecified atom stereocenters. The number of nitro benzene ring substituents is 1. The summed E-state index contributed by atoms with van der Waals surface area (Å²) in [6.07, 6.45) is 4.39. The van der Waals surface area contributed by atoms with Crippen LogP contribution >= 0.6 is 24.0 Å².